The Bertz CT molecular complexity index is 669. The second-order valence-corrected chi connectivity index (χ2v) is 4.03. The topological polar surface area (TPSA) is 58.6 Å². The van der Waals surface area contributed by atoms with Gasteiger partial charge in [0.15, 0.2) is 11.5 Å². The van der Waals surface area contributed by atoms with Crippen molar-refractivity contribution in [1.29, 1.82) is 0 Å². The van der Waals surface area contributed by atoms with Crippen molar-refractivity contribution < 1.29 is 14.6 Å². The summed E-state index contributed by atoms with van der Waals surface area (Å²) in [7, 11) is 1.50. The maximum Gasteiger partial charge on any atom is 0.300 e. The summed E-state index contributed by atoms with van der Waals surface area (Å²) >= 11 is 0. The SMILES string of the molecule is C#CC(=O)Nc1ccc(-c2cccc(O)c2OC)cc1. The van der Waals surface area contributed by atoms with E-state index in [4.69, 9.17) is 11.2 Å². The number of amides is 1. The molecule has 100 valence electrons. The van der Waals surface area contributed by atoms with Crippen molar-refractivity contribution in [2.45, 2.75) is 0 Å². The van der Waals surface area contributed by atoms with Gasteiger partial charge in [-0.3, -0.25) is 4.79 Å². The van der Waals surface area contributed by atoms with Gasteiger partial charge in [0.1, 0.15) is 0 Å². The highest BCUT2D eigenvalue weighted by Gasteiger charge is 2.09. The molecule has 0 bridgehead atoms. The van der Waals surface area contributed by atoms with Crippen LogP contribution in [0.5, 0.6) is 11.5 Å². The van der Waals surface area contributed by atoms with Crippen LogP contribution in [0.4, 0.5) is 5.69 Å². The predicted molar refractivity (Wildman–Crippen MR) is 77.6 cm³/mol. The number of terminal acetylenes is 1. The minimum Gasteiger partial charge on any atom is -0.504 e. The summed E-state index contributed by atoms with van der Waals surface area (Å²) in [6.07, 6.45) is 4.99. The lowest BCUT2D eigenvalue weighted by molar-refractivity contribution is -0.111. The third kappa shape index (κ3) is 2.73. The maximum absolute atomic E-state index is 11.1. The molecule has 0 atom stereocenters. The number of aromatic hydroxyl groups is 1. The first-order valence-corrected chi connectivity index (χ1v) is 5.89. The number of phenols is 1. The molecular formula is C16H13NO3. The summed E-state index contributed by atoms with van der Waals surface area (Å²) in [5.41, 5.74) is 2.23. The molecule has 2 rings (SSSR count). The van der Waals surface area contributed by atoms with Crippen LogP contribution in [0.15, 0.2) is 42.5 Å². The van der Waals surface area contributed by atoms with Gasteiger partial charge in [-0.05, 0) is 29.7 Å². The molecule has 0 heterocycles. The second-order valence-electron chi connectivity index (χ2n) is 4.03. The molecule has 2 N–H and O–H groups in total. The molecule has 20 heavy (non-hydrogen) atoms. The van der Waals surface area contributed by atoms with Crippen LogP contribution in [0.1, 0.15) is 0 Å². The molecule has 0 fully saturated rings. The Morgan fingerprint density at radius 1 is 1.25 bits per heavy atom. The van der Waals surface area contributed by atoms with Gasteiger partial charge in [-0.1, -0.05) is 24.3 Å². The molecule has 0 radical (unpaired) electrons. The molecule has 0 spiro atoms. The molecular weight excluding hydrogens is 254 g/mol. The van der Waals surface area contributed by atoms with E-state index in [0.29, 0.717) is 11.4 Å². The van der Waals surface area contributed by atoms with Crippen LogP contribution >= 0.6 is 0 Å². The number of para-hydroxylation sites is 1. The van der Waals surface area contributed by atoms with E-state index in [1.54, 1.807) is 24.3 Å². The monoisotopic (exact) mass is 267 g/mol. The van der Waals surface area contributed by atoms with E-state index in [-0.39, 0.29) is 5.75 Å². The second kappa shape index (κ2) is 5.81. The largest absolute Gasteiger partial charge is 0.504 e. The first-order valence-electron chi connectivity index (χ1n) is 5.89. The van der Waals surface area contributed by atoms with Gasteiger partial charge in [0.2, 0.25) is 0 Å². The van der Waals surface area contributed by atoms with E-state index < -0.39 is 5.91 Å². The number of nitrogens with one attached hydrogen (secondary N) is 1. The van der Waals surface area contributed by atoms with Crippen molar-refractivity contribution in [2.75, 3.05) is 12.4 Å². The average molecular weight is 267 g/mol. The van der Waals surface area contributed by atoms with Gasteiger partial charge >= 0.3 is 0 Å². The minimum atomic E-state index is -0.493. The highest BCUT2D eigenvalue weighted by atomic mass is 16.5. The molecule has 0 aromatic heterocycles. The standard InChI is InChI=1S/C16H13NO3/c1-3-15(19)17-12-9-7-11(8-10-12)13-5-4-6-14(18)16(13)20-2/h1,4-10,18H,2H3,(H,17,19). The summed E-state index contributed by atoms with van der Waals surface area (Å²) < 4.78 is 5.20. The molecule has 1 amide bonds. The lowest BCUT2D eigenvalue weighted by Crippen LogP contribution is -2.07. The maximum atomic E-state index is 11.1. The molecule has 0 saturated carbocycles. The van der Waals surface area contributed by atoms with Crippen molar-refractivity contribution in [1.82, 2.24) is 0 Å². The quantitative estimate of drug-likeness (QED) is 0.840. The summed E-state index contributed by atoms with van der Waals surface area (Å²) in [4.78, 5) is 11.1. The van der Waals surface area contributed by atoms with Gasteiger partial charge in [-0.15, -0.1) is 6.42 Å². The Hall–Kier alpha value is -2.93. The number of rotatable bonds is 3. The van der Waals surface area contributed by atoms with Crippen LogP contribution in [0.2, 0.25) is 0 Å². The summed E-state index contributed by atoms with van der Waals surface area (Å²) in [5, 5.41) is 12.3. The highest BCUT2D eigenvalue weighted by molar-refractivity contribution is 6.03. The lowest BCUT2D eigenvalue weighted by atomic mass is 10.0. The average Bonchev–Trinajstić information content (AvgIpc) is 2.47. The van der Waals surface area contributed by atoms with Crippen molar-refractivity contribution in [2.24, 2.45) is 0 Å². The van der Waals surface area contributed by atoms with Gasteiger partial charge in [-0.2, -0.15) is 0 Å². The van der Waals surface area contributed by atoms with E-state index in [9.17, 15) is 9.90 Å². The number of methoxy groups -OCH3 is 1. The summed E-state index contributed by atoms with van der Waals surface area (Å²) in [5.74, 6) is 1.98. The van der Waals surface area contributed by atoms with Gasteiger partial charge in [0.25, 0.3) is 5.91 Å². The van der Waals surface area contributed by atoms with Crippen molar-refractivity contribution in [3.05, 3.63) is 42.5 Å². The van der Waals surface area contributed by atoms with Crippen LogP contribution in [0.25, 0.3) is 11.1 Å². The zero-order valence-electron chi connectivity index (χ0n) is 10.9. The Kier molecular flexibility index (Phi) is 3.92. The van der Waals surface area contributed by atoms with Crippen molar-refractivity contribution in [3.63, 3.8) is 0 Å². The number of hydrogen-bond donors (Lipinski definition) is 2. The van der Waals surface area contributed by atoms with Crippen molar-refractivity contribution in [3.8, 4) is 35.0 Å². The molecule has 4 nitrogen and oxygen atoms in total. The number of carbonyl (C=O) groups is 1. The lowest BCUT2D eigenvalue weighted by Gasteiger charge is -2.10. The smallest absolute Gasteiger partial charge is 0.300 e. The van der Waals surface area contributed by atoms with Gasteiger partial charge in [0.05, 0.1) is 7.11 Å². The Morgan fingerprint density at radius 2 is 1.95 bits per heavy atom. The summed E-state index contributed by atoms with van der Waals surface area (Å²) in [6.45, 7) is 0. The van der Waals surface area contributed by atoms with Gasteiger partial charge < -0.3 is 15.2 Å². The first-order chi connectivity index (χ1) is 9.65. The molecule has 2 aromatic rings. The molecule has 0 saturated heterocycles. The van der Waals surface area contributed by atoms with E-state index in [1.165, 1.54) is 7.11 Å². The number of benzene rings is 2. The van der Waals surface area contributed by atoms with Crippen molar-refractivity contribution >= 4 is 11.6 Å². The van der Waals surface area contributed by atoms with E-state index in [2.05, 4.69) is 5.32 Å². The highest BCUT2D eigenvalue weighted by Crippen LogP contribution is 2.37. The normalized spacial score (nSPS) is 9.60. The third-order valence-electron chi connectivity index (χ3n) is 2.78. The number of anilines is 1. The van der Waals surface area contributed by atoms with Crippen LogP contribution in [-0.2, 0) is 4.79 Å². The molecule has 2 aromatic carbocycles. The molecule has 0 aliphatic heterocycles. The van der Waals surface area contributed by atoms with Crippen LogP contribution in [0, 0.1) is 12.3 Å². The van der Waals surface area contributed by atoms with Gasteiger partial charge in [-0.25, -0.2) is 0 Å². The molecule has 0 aliphatic carbocycles. The fraction of sp³-hybridized carbons (Fsp3) is 0.0625. The van der Waals surface area contributed by atoms with Crippen LogP contribution < -0.4 is 10.1 Å². The number of carbonyl (C=O) groups excluding carboxylic acids is 1. The predicted octanol–water partition coefficient (Wildman–Crippen LogP) is 2.64. The molecule has 4 heteroatoms. The Balaban J connectivity index is 2.34. The Labute approximate surface area is 117 Å². The fourth-order valence-corrected chi connectivity index (χ4v) is 1.87. The fourth-order valence-electron chi connectivity index (χ4n) is 1.87. The zero-order chi connectivity index (χ0) is 14.5. The summed E-state index contributed by atoms with van der Waals surface area (Å²) in [6, 6.07) is 12.2. The molecule has 0 aliphatic rings. The number of hydrogen-bond acceptors (Lipinski definition) is 3. The van der Waals surface area contributed by atoms with Crippen LogP contribution in [-0.4, -0.2) is 18.1 Å². The zero-order valence-corrected chi connectivity index (χ0v) is 10.9. The van der Waals surface area contributed by atoms with E-state index >= 15 is 0 Å². The van der Waals surface area contributed by atoms with Crippen LogP contribution in [0.3, 0.4) is 0 Å². The first kappa shape index (κ1) is 13.5. The Morgan fingerprint density at radius 3 is 2.55 bits per heavy atom. The van der Waals surface area contributed by atoms with E-state index in [0.717, 1.165) is 11.1 Å². The van der Waals surface area contributed by atoms with Gasteiger partial charge in [0, 0.05) is 11.3 Å². The third-order valence-corrected chi connectivity index (χ3v) is 2.78. The number of phenolic OH excluding ortho intramolecular Hbond substituents is 1. The number of ether oxygens (including phenoxy) is 1. The minimum absolute atomic E-state index is 0.0784. The van der Waals surface area contributed by atoms with E-state index in [1.807, 2.05) is 24.1 Å². The molecule has 0 unspecified atom stereocenters.